The van der Waals surface area contributed by atoms with Gasteiger partial charge in [-0.15, -0.1) is 11.8 Å². The van der Waals surface area contributed by atoms with E-state index in [0.29, 0.717) is 24.1 Å². The third-order valence-corrected chi connectivity index (χ3v) is 7.73. The van der Waals surface area contributed by atoms with Crippen LogP contribution in [-0.2, 0) is 11.4 Å². The second-order valence-corrected chi connectivity index (χ2v) is 10.9. The van der Waals surface area contributed by atoms with Crippen molar-refractivity contribution < 1.29 is 22.8 Å². The average molecular weight is 565 g/mol. The summed E-state index contributed by atoms with van der Waals surface area (Å²) in [6.45, 7) is 5.56. The molecule has 4 nitrogen and oxygen atoms in total. The fraction of sp³-hybridized carbons (Fsp3) is 0.345. The number of rotatable bonds is 14. The third-order valence-electron chi connectivity index (χ3n) is 5.94. The highest BCUT2D eigenvalue weighted by atomic mass is 35.5. The van der Waals surface area contributed by atoms with Crippen molar-refractivity contribution in [2.24, 2.45) is 5.92 Å². The zero-order valence-electron chi connectivity index (χ0n) is 21.4. The summed E-state index contributed by atoms with van der Waals surface area (Å²) in [5, 5.41) is 3.21. The fourth-order valence-corrected chi connectivity index (χ4v) is 5.69. The van der Waals surface area contributed by atoms with Crippen molar-refractivity contribution in [3.05, 3.63) is 94.3 Å². The lowest BCUT2D eigenvalue weighted by molar-refractivity contribution is 0.0287. The molecule has 3 rings (SSSR count). The highest BCUT2D eigenvalue weighted by molar-refractivity contribution is 8.00. The van der Waals surface area contributed by atoms with E-state index in [1.165, 1.54) is 6.07 Å². The van der Waals surface area contributed by atoms with E-state index >= 15 is 0 Å². The first-order chi connectivity index (χ1) is 18.3. The van der Waals surface area contributed by atoms with Gasteiger partial charge >= 0.3 is 0 Å². The lowest BCUT2D eigenvalue weighted by atomic mass is 10.00. The van der Waals surface area contributed by atoms with Crippen molar-refractivity contribution in [1.82, 2.24) is 5.48 Å². The summed E-state index contributed by atoms with van der Waals surface area (Å²) in [6, 6.07) is 16.4. The average Bonchev–Trinajstić information content (AvgIpc) is 2.89. The number of carbonyl (C=O) groups excluding carboxylic acids is 1. The SMILES string of the molecule is CCCC(CC(C)CCONCc1ccccc1)Sc1cc(C(=O)Nc2cc(F)c(F)c(F)c2)ccc1Cl. The maximum Gasteiger partial charge on any atom is 0.255 e. The lowest BCUT2D eigenvalue weighted by Gasteiger charge is -2.21. The molecule has 0 fully saturated rings. The van der Waals surface area contributed by atoms with Crippen LogP contribution in [0, 0.1) is 23.4 Å². The van der Waals surface area contributed by atoms with Gasteiger partial charge in [0.1, 0.15) is 0 Å². The highest BCUT2D eigenvalue weighted by Crippen LogP contribution is 2.36. The number of anilines is 1. The highest BCUT2D eigenvalue weighted by Gasteiger charge is 2.18. The molecule has 0 spiro atoms. The largest absolute Gasteiger partial charge is 0.322 e. The smallest absolute Gasteiger partial charge is 0.255 e. The molecule has 0 aromatic heterocycles. The topological polar surface area (TPSA) is 50.4 Å². The molecule has 1 amide bonds. The van der Waals surface area contributed by atoms with Gasteiger partial charge in [0.05, 0.1) is 11.6 Å². The molecule has 0 aliphatic heterocycles. The van der Waals surface area contributed by atoms with Crippen LogP contribution in [0.2, 0.25) is 5.02 Å². The van der Waals surface area contributed by atoms with Crippen LogP contribution in [0.25, 0.3) is 0 Å². The van der Waals surface area contributed by atoms with Crippen LogP contribution in [0.4, 0.5) is 18.9 Å². The van der Waals surface area contributed by atoms with E-state index in [1.807, 2.05) is 30.3 Å². The second kappa shape index (κ2) is 15.2. The molecule has 38 heavy (non-hydrogen) atoms. The predicted octanol–water partition coefficient (Wildman–Crippen LogP) is 8.41. The first-order valence-corrected chi connectivity index (χ1v) is 13.8. The van der Waals surface area contributed by atoms with Crippen LogP contribution in [0.1, 0.15) is 55.5 Å². The van der Waals surface area contributed by atoms with Crippen LogP contribution in [0.3, 0.4) is 0 Å². The second-order valence-electron chi connectivity index (χ2n) is 9.17. The minimum absolute atomic E-state index is 0.172. The molecule has 0 saturated carbocycles. The molecule has 3 aromatic rings. The summed E-state index contributed by atoms with van der Waals surface area (Å²) in [6.07, 6.45) is 3.81. The summed E-state index contributed by atoms with van der Waals surface area (Å²) in [4.78, 5) is 19.1. The Morgan fingerprint density at radius 1 is 1.03 bits per heavy atom. The third kappa shape index (κ3) is 9.34. The minimum Gasteiger partial charge on any atom is -0.322 e. The molecule has 0 heterocycles. The molecule has 0 radical (unpaired) electrons. The molecule has 0 saturated heterocycles. The van der Waals surface area contributed by atoms with Crippen LogP contribution in [0.15, 0.2) is 65.6 Å². The van der Waals surface area contributed by atoms with Gasteiger partial charge in [0, 0.05) is 40.1 Å². The van der Waals surface area contributed by atoms with E-state index < -0.39 is 23.4 Å². The van der Waals surface area contributed by atoms with Gasteiger partial charge in [-0.2, -0.15) is 5.48 Å². The Hall–Kier alpha value is -2.52. The number of hydrogen-bond donors (Lipinski definition) is 2. The van der Waals surface area contributed by atoms with Gasteiger partial charge in [0.2, 0.25) is 0 Å². The first-order valence-electron chi connectivity index (χ1n) is 12.6. The van der Waals surface area contributed by atoms with Crippen molar-refractivity contribution in [3.8, 4) is 0 Å². The number of halogens is 4. The Labute approximate surface area is 231 Å². The van der Waals surface area contributed by atoms with Crippen molar-refractivity contribution in [1.29, 1.82) is 0 Å². The van der Waals surface area contributed by atoms with E-state index in [0.717, 1.165) is 48.3 Å². The van der Waals surface area contributed by atoms with Gasteiger partial charge in [-0.25, -0.2) is 13.2 Å². The first kappa shape index (κ1) is 30.0. The fourth-order valence-electron chi connectivity index (χ4n) is 3.92. The Morgan fingerprint density at radius 2 is 1.74 bits per heavy atom. The number of thioether (sulfide) groups is 1. The molecule has 204 valence electrons. The zero-order chi connectivity index (χ0) is 27.5. The van der Waals surface area contributed by atoms with Crippen molar-refractivity contribution >= 4 is 35.0 Å². The molecular formula is C29H32ClF3N2O2S. The number of carbonyl (C=O) groups is 1. The molecule has 2 atom stereocenters. The van der Waals surface area contributed by atoms with Crippen LogP contribution in [-0.4, -0.2) is 17.8 Å². The van der Waals surface area contributed by atoms with E-state index in [4.69, 9.17) is 16.4 Å². The quantitative estimate of drug-likeness (QED) is 0.0893. The Balaban J connectivity index is 1.54. The van der Waals surface area contributed by atoms with Gasteiger partial charge in [0.25, 0.3) is 5.91 Å². The van der Waals surface area contributed by atoms with Gasteiger partial charge < -0.3 is 10.2 Å². The van der Waals surface area contributed by atoms with E-state index in [-0.39, 0.29) is 16.5 Å². The van der Waals surface area contributed by atoms with Crippen molar-refractivity contribution in [2.75, 3.05) is 11.9 Å². The summed E-state index contributed by atoms with van der Waals surface area (Å²) in [5.41, 5.74) is 4.27. The number of amides is 1. The number of hydroxylamine groups is 1. The summed E-state index contributed by atoms with van der Waals surface area (Å²) in [7, 11) is 0. The maximum absolute atomic E-state index is 13.5. The molecule has 0 aliphatic rings. The summed E-state index contributed by atoms with van der Waals surface area (Å²) in [5.74, 6) is -4.50. The Kier molecular flexibility index (Phi) is 12.0. The van der Waals surface area contributed by atoms with Gasteiger partial charge in [0.15, 0.2) is 17.5 Å². The van der Waals surface area contributed by atoms with Crippen molar-refractivity contribution in [2.45, 2.75) is 56.2 Å². The van der Waals surface area contributed by atoms with E-state index in [2.05, 4.69) is 24.6 Å². The van der Waals surface area contributed by atoms with Crippen LogP contribution < -0.4 is 10.8 Å². The molecule has 0 bridgehead atoms. The molecule has 9 heteroatoms. The van der Waals surface area contributed by atoms with E-state index in [9.17, 15) is 18.0 Å². The van der Waals surface area contributed by atoms with Gasteiger partial charge in [-0.05, 0) is 48.9 Å². The summed E-state index contributed by atoms with van der Waals surface area (Å²) < 4.78 is 40.3. The number of nitrogens with one attached hydrogen (secondary N) is 2. The van der Waals surface area contributed by atoms with Gasteiger partial charge in [-0.3, -0.25) is 4.79 Å². The minimum atomic E-state index is -1.58. The standard InChI is InChI=1S/C29H32ClF3N2O2S/c1-3-7-23(14-19(2)12-13-37-34-18-20-8-5-4-6-9-20)38-27-15-21(10-11-24(27)30)29(36)35-22-16-25(31)28(33)26(32)17-22/h4-6,8-11,15-17,19,23,34H,3,7,12-14,18H2,1-2H3,(H,35,36). The molecular weight excluding hydrogens is 533 g/mol. The normalized spacial score (nSPS) is 12.8. The molecule has 2 unspecified atom stereocenters. The van der Waals surface area contributed by atoms with E-state index in [1.54, 1.807) is 23.9 Å². The maximum atomic E-state index is 13.5. The monoisotopic (exact) mass is 564 g/mol. The Bertz CT molecular complexity index is 1180. The summed E-state index contributed by atoms with van der Waals surface area (Å²) >= 11 is 8.06. The van der Waals surface area contributed by atoms with Crippen LogP contribution in [0.5, 0.6) is 0 Å². The zero-order valence-corrected chi connectivity index (χ0v) is 23.0. The Morgan fingerprint density at radius 3 is 2.42 bits per heavy atom. The number of benzene rings is 3. The number of hydrogen-bond acceptors (Lipinski definition) is 4. The predicted molar refractivity (Wildman–Crippen MR) is 148 cm³/mol. The molecule has 0 aliphatic carbocycles. The molecule has 2 N–H and O–H groups in total. The lowest BCUT2D eigenvalue weighted by Crippen LogP contribution is -2.17. The molecule has 3 aromatic carbocycles. The van der Waals surface area contributed by atoms with Crippen molar-refractivity contribution in [3.63, 3.8) is 0 Å². The van der Waals surface area contributed by atoms with Crippen LogP contribution >= 0.6 is 23.4 Å². The van der Waals surface area contributed by atoms with Gasteiger partial charge in [-0.1, -0.05) is 62.2 Å².